The average Bonchev–Trinajstić information content (AvgIpc) is 3.12. The molecule has 1 unspecified atom stereocenters. The fourth-order valence-electron chi connectivity index (χ4n) is 2.49. The third kappa shape index (κ3) is 5.99. The molecule has 1 atom stereocenters. The average molecular weight is 392 g/mol. The van der Waals surface area contributed by atoms with Crippen molar-refractivity contribution < 1.29 is 19.4 Å². The molecule has 0 radical (unpaired) electrons. The number of benzene rings is 1. The van der Waals surface area contributed by atoms with Crippen LogP contribution in [0.1, 0.15) is 25.5 Å². The van der Waals surface area contributed by atoms with Crippen molar-refractivity contribution >= 4 is 23.6 Å². The minimum absolute atomic E-state index is 0.0453. The van der Waals surface area contributed by atoms with Gasteiger partial charge in [-0.3, -0.25) is 9.59 Å². The molecule has 146 valence electrons. The zero-order valence-electron chi connectivity index (χ0n) is 15.6. The van der Waals surface area contributed by atoms with Crippen LogP contribution in [-0.2, 0) is 16.0 Å². The van der Waals surface area contributed by atoms with E-state index in [9.17, 15) is 14.7 Å². The van der Waals surface area contributed by atoms with Gasteiger partial charge in [-0.2, -0.15) is 0 Å². The highest BCUT2D eigenvalue weighted by Gasteiger charge is 2.21. The van der Waals surface area contributed by atoms with E-state index < -0.39 is 11.9 Å². The lowest BCUT2D eigenvalue weighted by atomic mass is 9.98. The number of carbonyl (C=O) groups is 2. The molecule has 0 bridgehead atoms. The van der Waals surface area contributed by atoms with Crippen LogP contribution >= 0.6 is 11.8 Å². The fraction of sp³-hybridized carbons (Fsp3) is 0.444. The molecule has 0 aliphatic heterocycles. The first-order chi connectivity index (χ1) is 12.9. The number of amides is 1. The number of nitrogens with zero attached hydrogens (tertiary/aromatic N) is 3. The summed E-state index contributed by atoms with van der Waals surface area (Å²) in [5.41, 5.74) is 0.793. The van der Waals surface area contributed by atoms with Gasteiger partial charge in [-0.1, -0.05) is 30.0 Å². The Morgan fingerprint density at radius 1 is 1.33 bits per heavy atom. The van der Waals surface area contributed by atoms with E-state index in [0.29, 0.717) is 10.9 Å². The number of rotatable bonds is 10. The molecule has 0 fully saturated rings. The molecule has 2 rings (SSSR count). The van der Waals surface area contributed by atoms with E-state index >= 15 is 0 Å². The predicted molar refractivity (Wildman–Crippen MR) is 102 cm³/mol. The van der Waals surface area contributed by atoms with Gasteiger partial charge in [-0.05, 0) is 31.9 Å². The van der Waals surface area contributed by atoms with Gasteiger partial charge in [0.25, 0.3) is 0 Å². The van der Waals surface area contributed by atoms with E-state index in [2.05, 4.69) is 15.5 Å². The van der Waals surface area contributed by atoms with Gasteiger partial charge in [-0.15, -0.1) is 10.2 Å². The van der Waals surface area contributed by atoms with E-state index in [-0.39, 0.29) is 30.7 Å². The van der Waals surface area contributed by atoms with Gasteiger partial charge < -0.3 is 19.7 Å². The SMILES string of the molecule is COc1ccccc1CC(CNC(=O)CSc1nncn1C(C)C)C(=O)O. The first-order valence-electron chi connectivity index (χ1n) is 8.56. The van der Waals surface area contributed by atoms with Gasteiger partial charge in [0.05, 0.1) is 18.8 Å². The van der Waals surface area contributed by atoms with Gasteiger partial charge >= 0.3 is 5.97 Å². The van der Waals surface area contributed by atoms with Gasteiger partial charge in [0.15, 0.2) is 5.16 Å². The summed E-state index contributed by atoms with van der Waals surface area (Å²) in [6.45, 7) is 4.05. The highest BCUT2D eigenvalue weighted by molar-refractivity contribution is 7.99. The van der Waals surface area contributed by atoms with E-state index in [4.69, 9.17) is 4.74 Å². The van der Waals surface area contributed by atoms with Crippen molar-refractivity contribution in [2.24, 2.45) is 5.92 Å². The highest BCUT2D eigenvalue weighted by Crippen LogP contribution is 2.21. The van der Waals surface area contributed by atoms with E-state index in [1.807, 2.05) is 36.6 Å². The lowest BCUT2D eigenvalue weighted by Crippen LogP contribution is -2.35. The number of hydrogen-bond acceptors (Lipinski definition) is 6. The molecule has 1 aromatic carbocycles. The summed E-state index contributed by atoms with van der Waals surface area (Å²) in [7, 11) is 1.55. The second kappa shape index (κ2) is 9.96. The molecule has 1 amide bonds. The Balaban J connectivity index is 1.89. The van der Waals surface area contributed by atoms with Crippen molar-refractivity contribution in [1.82, 2.24) is 20.1 Å². The smallest absolute Gasteiger partial charge is 0.308 e. The summed E-state index contributed by atoms with van der Waals surface area (Å²) in [6, 6.07) is 7.46. The summed E-state index contributed by atoms with van der Waals surface area (Å²) >= 11 is 1.27. The van der Waals surface area contributed by atoms with Crippen LogP contribution in [0.15, 0.2) is 35.7 Å². The zero-order valence-corrected chi connectivity index (χ0v) is 16.4. The van der Waals surface area contributed by atoms with Crippen molar-refractivity contribution in [3.05, 3.63) is 36.2 Å². The number of carboxylic acids is 1. The number of carboxylic acid groups (broad SMARTS) is 1. The number of methoxy groups -OCH3 is 1. The number of hydrogen-bond donors (Lipinski definition) is 2. The number of aromatic nitrogens is 3. The van der Waals surface area contributed by atoms with E-state index in [0.717, 1.165) is 5.56 Å². The number of para-hydroxylation sites is 1. The Labute approximate surface area is 162 Å². The minimum atomic E-state index is -0.964. The van der Waals surface area contributed by atoms with E-state index in [1.54, 1.807) is 19.5 Å². The first kappa shape index (κ1) is 20.8. The summed E-state index contributed by atoms with van der Waals surface area (Å²) in [5, 5.41) is 20.7. The van der Waals surface area contributed by atoms with Crippen LogP contribution in [0.25, 0.3) is 0 Å². The fourth-order valence-corrected chi connectivity index (χ4v) is 3.37. The van der Waals surface area contributed by atoms with Crippen molar-refractivity contribution in [2.45, 2.75) is 31.5 Å². The van der Waals surface area contributed by atoms with Gasteiger partial charge in [0.2, 0.25) is 5.91 Å². The largest absolute Gasteiger partial charge is 0.496 e. The molecule has 2 N–H and O–H groups in total. The Bertz CT molecular complexity index is 778. The molecule has 0 saturated heterocycles. The predicted octanol–water partition coefficient (Wildman–Crippen LogP) is 2.02. The molecular formula is C18H24N4O4S. The summed E-state index contributed by atoms with van der Waals surface area (Å²) in [5.74, 6) is -1.17. The Kier molecular flexibility index (Phi) is 7.66. The highest BCUT2D eigenvalue weighted by atomic mass is 32.2. The lowest BCUT2D eigenvalue weighted by Gasteiger charge is -2.15. The summed E-state index contributed by atoms with van der Waals surface area (Å²) in [4.78, 5) is 23.7. The summed E-state index contributed by atoms with van der Waals surface area (Å²) in [6.07, 6.45) is 1.90. The van der Waals surface area contributed by atoms with Gasteiger partial charge in [-0.25, -0.2) is 0 Å². The maximum atomic E-state index is 12.1. The number of carbonyl (C=O) groups excluding carboxylic acids is 1. The third-order valence-electron chi connectivity index (χ3n) is 3.98. The first-order valence-corrected chi connectivity index (χ1v) is 9.54. The molecular weight excluding hydrogens is 368 g/mol. The van der Waals surface area contributed by atoms with Crippen LogP contribution in [0, 0.1) is 5.92 Å². The van der Waals surface area contributed by atoms with Gasteiger partial charge in [0.1, 0.15) is 12.1 Å². The topological polar surface area (TPSA) is 106 Å². The molecule has 0 aliphatic carbocycles. The monoisotopic (exact) mass is 392 g/mol. The second-order valence-corrected chi connectivity index (χ2v) is 7.20. The minimum Gasteiger partial charge on any atom is -0.496 e. The third-order valence-corrected chi connectivity index (χ3v) is 4.94. The maximum absolute atomic E-state index is 12.1. The molecule has 27 heavy (non-hydrogen) atoms. The standard InChI is InChI=1S/C18H24N4O4S/c1-12(2)22-11-20-21-18(22)27-10-16(23)19-9-14(17(24)25)8-13-6-4-5-7-15(13)26-3/h4-7,11-12,14H,8-10H2,1-3H3,(H,19,23)(H,24,25). The lowest BCUT2D eigenvalue weighted by molar-refractivity contribution is -0.141. The zero-order chi connectivity index (χ0) is 19.8. The quantitative estimate of drug-likeness (QED) is 0.596. The molecule has 0 spiro atoms. The molecule has 0 saturated carbocycles. The molecule has 1 aromatic heterocycles. The van der Waals surface area contributed by atoms with Crippen LogP contribution in [-0.4, -0.2) is 51.2 Å². The van der Waals surface area contributed by atoms with Crippen LogP contribution < -0.4 is 10.1 Å². The molecule has 9 heteroatoms. The van der Waals surface area contributed by atoms with E-state index in [1.165, 1.54) is 11.8 Å². The maximum Gasteiger partial charge on any atom is 0.308 e. The Hall–Kier alpha value is -2.55. The van der Waals surface area contributed by atoms with Crippen molar-refractivity contribution in [1.29, 1.82) is 0 Å². The molecule has 1 heterocycles. The van der Waals surface area contributed by atoms with Crippen LogP contribution in [0.2, 0.25) is 0 Å². The van der Waals surface area contributed by atoms with Crippen LogP contribution in [0.3, 0.4) is 0 Å². The Morgan fingerprint density at radius 2 is 2.07 bits per heavy atom. The number of thioether (sulfide) groups is 1. The van der Waals surface area contributed by atoms with Crippen LogP contribution in [0.5, 0.6) is 5.75 Å². The molecule has 8 nitrogen and oxygen atoms in total. The summed E-state index contributed by atoms with van der Waals surface area (Å²) < 4.78 is 7.14. The van der Waals surface area contributed by atoms with Crippen molar-refractivity contribution in [3.63, 3.8) is 0 Å². The number of nitrogens with one attached hydrogen (secondary N) is 1. The number of ether oxygens (including phenoxy) is 1. The number of aliphatic carboxylic acids is 1. The normalized spacial score (nSPS) is 12.0. The van der Waals surface area contributed by atoms with Crippen LogP contribution in [0.4, 0.5) is 0 Å². The Morgan fingerprint density at radius 3 is 2.74 bits per heavy atom. The van der Waals surface area contributed by atoms with Crippen molar-refractivity contribution in [2.75, 3.05) is 19.4 Å². The molecule has 0 aliphatic rings. The second-order valence-electron chi connectivity index (χ2n) is 6.26. The van der Waals surface area contributed by atoms with Gasteiger partial charge in [0, 0.05) is 12.6 Å². The van der Waals surface area contributed by atoms with Crippen molar-refractivity contribution in [3.8, 4) is 5.75 Å². The molecule has 2 aromatic rings.